The van der Waals surface area contributed by atoms with Crippen LogP contribution in [-0.4, -0.2) is 50.5 Å². The maximum atomic E-state index is 14.0. The van der Waals surface area contributed by atoms with Crippen LogP contribution in [0.3, 0.4) is 0 Å². The smallest absolute Gasteiger partial charge is 0.244 e. The molecule has 0 spiro atoms. The minimum Gasteiger partial charge on any atom is -0.354 e. The van der Waals surface area contributed by atoms with E-state index in [2.05, 4.69) is 5.32 Å². The van der Waals surface area contributed by atoms with Crippen molar-refractivity contribution in [3.8, 4) is 0 Å². The molecule has 1 atom stereocenters. The molecule has 7 nitrogen and oxygen atoms in total. The number of amides is 2. The average molecular weight is 550 g/mol. The summed E-state index contributed by atoms with van der Waals surface area (Å²) < 4.78 is 26.8. The molecule has 0 radical (unpaired) electrons. The van der Waals surface area contributed by atoms with Gasteiger partial charge in [0.1, 0.15) is 12.6 Å². The van der Waals surface area contributed by atoms with E-state index in [9.17, 15) is 18.0 Å². The molecule has 0 aliphatic carbocycles. The predicted octanol–water partition coefficient (Wildman–Crippen LogP) is 4.63. The standard InChI is InChI=1S/C31H39N3O4S/c1-5-6-19-32-31(36)29(21-26-12-8-7-9-13-26)33(22-27-17-15-24(2)16-18-27)30(35)23-34(39(4,37)38)28-14-10-11-25(3)20-28/h7-18,20,29H,5-6,19,21-23H2,1-4H3,(H,32,36). The molecule has 0 saturated heterocycles. The van der Waals surface area contributed by atoms with Crippen LogP contribution in [0, 0.1) is 13.8 Å². The molecule has 0 fully saturated rings. The van der Waals surface area contributed by atoms with E-state index in [1.165, 1.54) is 4.90 Å². The average Bonchev–Trinajstić information content (AvgIpc) is 2.90. The van der Waals surface area contributed by atoms with Crippen molar-refractivity contribution in [2.75, 3.05) is 23.7 Å². The summed E-state index contributed by atoms with van der Waals surface area (Å²) in [4.78, 5) is 29.1. The number of anilines is 1. The van der Waals surface area contributed by atoms with Gasteiger partial charge in [0.15, 0.2) is 0 Å². The summed E-state index contributed by atoms with van der Waals surface area (Å²) in [6.45, 7) is 6.16. The van der Waals surface area contributed by atoms with Crippen molar-refractivity contribution >= 4 is 27.5 Å². The van der Waals surface area contributed by atoms with Crippen LogP contribution in [-0.2, 0) is 32.6 Å². The van der Waals surface area contributed by atoms with E-state index in [4.69, 9.17) is 0 Å². The summed E-state index contributed by atoms with van der Waals surface area (Å²) in [5.74, 6) is -0.705. The first-order chi connectivity index (χ1) is 18.6. The molecular weight excluding hydrogens is 510 g/mol. The van der Waals surface area contributed by atoms with Gasteiger partial charge >= 0.3 is 0 Å². The summed E-state index contributed by atoms with van der Waals surface area (Å²) >= 11 is 0. The van der Waals surface area contributed by atoms with Gasteiger partial charge in [-0.1, -0.05) is 85.6 Å². The van der Waals surface area contributed by atoms with Gasteiger partial charge in [-0.05, 0) is 49.1 Å². The van der Waals surface area contributed by atoms with Gasteiger partial charge in [-0.3, -0.25) is 13.9 Å². The highest BCUT2D eigenvalue weighted by Crippen LogP contribution is 2.21. The number of hydrogen-bond donors (Lipinski definition) is 1. The summed E-state index contributed by atoms with van der Waals surface area (Å²) in [5, 5.41) is 2.99. The van der Waals surface area contributed by atoms with Crippen LogP contribution in [0.1, 0.15) is 42.0 Å². The molecule has 39 heavy (non-hydrogen) atoms. The Balaban J connectivity index is 2.02. The van der Waals surface area contributed by atoms with Crippen molar-refractivity contribution < 1.29 is 18.0 Å². The third kappa shape index (κ3) is 8.96. The molecule has 2 amide bonds. The van der Waals surface area contributed by atoms with Crippen LogP contribution in [0.15, 0.2) is 78.9 Å². The van der Waals surface area contributed by atoms with Crippen molar-refractivity contribution in [1.82, 2.24) is 10.2 Å². The number of nitrogens with zero attached hydrogens (tertiary/aromatic N) is 2. The number of unbranched alkanes of at least 4 members (excludes halogenated alkanes) is 1. The molecule has 208 valence electrons. The lowest BCUT2D eigenvalue weighted by Crippen LogP contribution is -2.53. The molecule has 0 aliphatic rings. The van der Waals surface area contributed by atoms with Crippen LogP contribution >= 0.6 is 0 Å². The molecule has 1 unspecified atom stereocenters. The Morgan fingerprint density at radius 3 is 2.18 bits per heavy atom. The predicted molar refractivity (Wildman–Crippen MR) is 157 cm³/mol. The highest BCUT2D eigenvalue weighted by molar-refractivity contribution is 7.92. The molecule has 3 aromatic carbocycles. The Labute approximate surface area is 232 Å². The highest BCUT2D eigenvalue weighted by atomic mass is 32.2. The zero-order valence-electron chi connectivity index (χ0n) is 23.3. The number of carbonyl (C=O) groups excluding carboxylic acids is 2. The zero-order valence-corrected chi connectivity index (χ0v) is 24.1. The van der Waals surface area contributed by atoms with Gasteiger partial charge in [0.25, 0.3) is 0 Å². The zero-order chi connectivity index (χ0) is 28.4. The number of carbonyl (C=O) groups is 2. The van der Waals surface area contributed by atoms with Gasteiger partial charge in [0, 0.05) is 19.5 Å². The molecule has 8 heteroatoms. The molecule has 0 bridgehead atoms. The van der Waals surface area contributed by atoms with Gasteiger partial charge in [0.2, 0.25) is 21.8 Å². The van der Waals surface area contributed by atoms with E-state index in [1.807, 2.05) is 81.4 Å². The Hall–Kier alpha value is -3.65. The lowest BCUT2D eigenvalue weighted by atomic mass is 10.0. The van der Waals surface area contributed by atoms with Crippen molar-refractivity contribution in [3.63, 3.8) is 0 Å². The fourth-order valence-corrected chi connectivity index (χ4v) is 5.19. The molecule has 1 N–H and O–H groups in total. The van der Waals surface area contributed by atoms with Crippen LogP contribution in [0.25, 0.3) is 0 Å². The number of benzene rings is 3. The van der Waals surface area contributed by atoms with Gasteiger partial charge in [-0.15, -0.1) is 0 Å². The Kier molecular flexibility index (Phi) is 10.7. The number of sulfonamides is 1. The van der Waals surface area contributed by atoms with Crippen molar-refractivity contribution in [3.05, 3.63) is 101 Å². The summed E-state index contributed by atoms with van der Waals surface area (Å²) in [7, 11) is -3.78. The van der Waals surface area contributed by atoms with Gasteiger partial charge < -0.3 is 10.2 Å². The highest BCUT2D eigenvalue weighted by Gasteiger charge is 2.33. The first-order valence-electron chi connectivity index (χ1n) is 13.3. The molecule has 0 aromatic heterocycles. The second kappa shape index (κ2) is 13.9. The van der Waals surface area contributed by atoms with Crippen LogP contribution in [0.2, 0.25) is 0 Å². The number of hydrogen-bond acceptors (Lipinski definition) is 4. The fourth-order valence-electron chi connectivity index (χ4n) is 4.35. The Morgan fingerprint density at radius 2 is 1.56 bits per heavy atom. The Morgan fingerprint density at radius 1 is 0.872 bits per heavy atom. The number of rotatable bonds is 13. The Bertz CT molecular complexity index is 1340. The molecule has 0 heterocycles. The van der Waals surface area contributed by atoms with Crippen LogP contribution < -0.4 is 9.62 Å². The van der Waals surface area contributed by atoms with Crippen molar-refractivity contribution in [2.24, 2.45) is 0 Å². The minimum atomic E-state index is -3.78. The maximum absolute atomic E-state index is 14.0. The first kappa shape index (κ1) is 29.9. The second-order valence-corrected chi connectivity index (χ2v) is 11.9. The topological polar surface area (TPSA) is 86.8 Å². The van der Waals surface area contributed by atoms with E-state index in [0.29, 0.717) is 18.7 Å². The third-order valence-corrected chi connectivity index (χ3v) is 7.68. The second-order valence-electron chi connectivity index (χ2n) is 9.97. The van der Waals surface area contributed by atoms with E-state index >= 15 is 0 Å². The molecular formula is C31H39N3O4S. The van der Waals surface area contributed by atoms with E-state index in [1.54, 1.807) is 18.2 Å². The molecule has 0 aliphatic heterocycles. The number of aryl methyl sites for hydroxylation is 2. The monoisotopic (exact) mass is 549 g/mol. The maximum Gasteiger partial charge on any atom is 0.244 e. The van der Waals surface area contributed by atoms with Gasteiger partial charge in [0.05, 0.1) is 11.9 Å². The summed E-state index contributed by atoms with van der Waals surface area (Å²) in [5.41, 5.74) is 4.14. The van der Waals surface area contributed by atoms with Crippen LogP contribution in [0.4, 0.5) is 5.69 Å². The van der Waals surface area contributed by atoms with E-state index in [0.717, 1.165) is 45.7 Å². The van der Waals surface area contributed by atoms with Crippen molar-refractivity contribution in [1.29, 1.82) is 0 Å². The minimum absolute atomic E-state index is 0.170. The number of nitrogens with one attached hydrogen (secondary N) is 1. The molecule has 3 aromatic rings. The van der Waals surface area contributed by atoms with Crippen LogP contribution in [0.5, 0.6) is 0 Å². The van der Waals surface area contributed by atoms with Gasteiger partial charge in [-0.25, -0.2) is 8.42 Å². The van der Waals surface area contributed by atoms with E-state index in [-0.39, 0.29) is 12.5 Å². The first-order valence-corrected chi connectivity index (χ1v) is 15.1. The fraction of sp³-hybridized carbons (Fsp3) is 0.355. The summed E-state index contributed by atoms with van der Waals surface area (Å²) in [6.07, 6.45) is 3.14. The summed E-state index contributed by atoms with van der Waals surface area (Å²) in [6, 6.07) is 23.5. The molecule has 0 saturated carbocycles. The van der Waals surface area contributed by atoms with E-state index < -0.39 is 28.5 Å². The lowest BCUT2D eigenvalue weighted by molar-refractivity contribution is -0.140. The third-order valence-electron chi connectivity index (χ3n) is 6.54. The molecule has 3 rings (SSSR count). The normalized spacial score (nSPS) is 12.0. The quantitative estimate of drug-likeness (QED) is 0.315. The largest absolute Gasteiger partial charge is 0.354 e. The lowest BCUT2D eigenvalue weighted by Gasteiger charge is -2.33. The van der Waals surface area contributed by atoms with Gasteiger partial charge in [-0.2, -0.15) is 0 Å². The van der Waals surface area contributed by atoms with Crippen molar-refractivity contribution in [2.45, 2.75) is 52.6 Å². The SMILES string of the molecule is CCCCNC(=O)C(Cc1ccccc1)N(Cc1ccc(C)cc1)C(=O)CN(c1cccc(C)c1)S(C)(=O)=O.